The van der Waals surface area contributed by atoms with Crippen molar-refractivity contribution in [3.8, 4) is 6.07 Å². The Morgan fingerprint density at radius 2 is 1.71 bits per heavy atom. The van der Waals surface area contributed by atoms with Gasteiger partial charge in [0.1, 0.15) is 5.82 Å². The Labute approximate surface area is 143 Å². The molecule has 0 aliphatic carbocycles. The molecule has 0 radical (unpaired) electrons. The molecule has 24 heavy (non-hydrogen) atoms. The fraction of sp³-hybridized carbons (Fsp3) is 0.333. The average molecular weight is 317 g/mol. The molecule has 0 aliphatic rings. The fourth-order valence-corrected chi connectivity index (χ4v) is 3.04. The molecule has 0 spiro atoms. The zero-order chi connectivity index (χ0) is 17.1. The SMILES string of the molecule is Cc1ccc(CCc2nc3cc(C)c(C)cc3n2CCC#N)cc1. The lowest BCUT2D eigenvalue weighted by molar-refractivity contribution is 0.676. The highest BCUT2D eigenvalue weighted by Gasteiger charge is 2.12. The van der Waals surface area contributed by atoms with Crippen LogP contribution in [0.2, 0.25) is 0 Å². The van der Waals surface area contributed by atoms with Gasteiger partial charge in [0.25, 0.3) is 0 Å². The first-order valence-corrected chi connectivity index (χ1v) is 8.47. The number of aryl methyl sites for hydroxylation is 6. The number of hydrogen-bond donors (Lipinski definition) is 0. The number of nitriles is 1. The zero-order valence-electron chi connectivity index (χ0n) is 14.6. The Kier molecular flexibility index (Phi) is 4.66. The summed E-state index contributed by atoms with van der Waals surface area (Å²) in [7, 11) is 0. The first-order chi connectivity index (χ1) is 11.6. The molecule has 0 aliphatic heterocycles. The molecule has 3 rings (SSSR count). The van der Waals surface area contributed by atoms with Crippen molar-refractivity contribution in [2.45, 2.75) is 46.6 Å². The smallest absolute Gasteiger partial charge is 0.110 e. The van der Waals surface area contributed by atoms with Gasteiger partial charge in [-0.15, -0.1) is 0 Å². The average Bonchev–Trinajstić information content (AvgIpc) is 2.89. The van der Waals surface area contributed by atoms with Gasteiger partial charge in [0.2, 0.25) is 0 Å². The number of hydrogen-bond acceptors (Lipinski definition) is 2. The molecular weight excluding hydrogens is 294 g/mol. The first kappa shape index (κ1) is 16.3. The molecule has 122 valence electrons. The molecule has 0 amide bonds. The monoisotopic (exact) mass is 317 g/mol. The second-order valence-electron chi connectivity index (χ2n) is 6.50. The van der Waals surface area contributed by atoms with Crippen LogP contribution in [0.15, 0.2) is 36.4 Å². The van der Waals surface area contributed by atoms with Crippen molar-refractivity contribution < 1.29 is 0 Å². The summed E-state index contributed by atoms with van der Waals surface area (Å²) in [5.74, 6) is 1.07. The minimum Gasteiger partial charge on any atom is -0.327 e. The van der Waals surface area contributed by atoms with Crippen molar-refractivity contribution >= 4 is 11.0 Å². The predicted molar refractivity (Wildman–Crippen MR) is 98.0 cm³/mol. The number of aromatic nitrogens is 2. The van der Waals surface area contributed by atoms with E-state index in [-0.39, 0.29) is 0 Å². The third-order valence-electron chi connectivity index (χ3n) is 4.65. The normalized spacial score (nSPS) is 10.9. The molecule has 1 heterocycles. The van der Waals surface area contributed by atoms with Gasteiger partial charge in [-0.2, -0.15) is 5.26 Å². The highest BCUT2D eigenvalue weighted by atomic mass is 15.1. The maximum absolute atomic E-state index is 8.98. The summed E-state index contributed by atoms with van der Waals surface area (Å²) in [4.78, 5) is 4.85. The highest BCUT2D eigenvalue weighted by molar-refractivity contribution is 5.78. The topological polar surface area (TPSA) is 41.6 Å². The Morgan fingerprint density at radius 1 is 1.00 bits per heavy atom. The van der Waals surface area contributed by atoms with Crippen LogP contribution in [0.3, 0.4) is 0 Å². The fourth-order valence-electron chi connectivity index (χ4n) is 3.04. The lowest BCUT2D eigenvalue weighted by Crippen LogP contribution is -2.05. The van der Waals surface area contributed by atoms with Crippen LogP contribution >= 0.6 is 0 Å². The summed E-state index contributed by atoms with van der Waals surface area (Å²) in [5.41, 5.74) is 7.32. The molecule has 3 nitrogen and oxygen atoms in total. The molecule has 0 unspecified atom stereocenters. The molecule has 1 aromatic heterocycles. The van der Waals surface area contributed by atoms with E-state index in [1.165, 1.54) is 22.3 Å². The van der Waals surface area contributed by atoms with Crippen molar-refractivity contribution in [2.24, 2.45) is 0 Å². The van der Waals surface area contributed by atoms with Gasteiger partial charge in [0.15, 0.2) is 0 Å². The van der Waals surface area contributed by atoms with Gasteiger partial charge in [0, 0.05) is 13.0 Å². The van der Waals surface area contributed by atoms with Gasteiger partial charge < -0.3 is 4.57 Å². The Morgan fingerprint density at radius 3 is 2.42 bits per heavy atom. The number of imidazole rings is 1. The van der Waals surface area contributed by atoms with E-state index in [2.05, 4.69) is 67.8 Å². The van der Waals surface area contributed by atoms with E-state index in [1.807, 2.05) is 0 Å². The number of nitrogens with zero attached hydrogens (tertiary/aromatic N) is 3. The van der Waals surface area contributed by atoms with Crippen LogP contribution in [0.1, 0.15) is 34.5 Å². The van der Waals surface area contributed by atoms with Crippen molar-refractivity contribution in [1.82, 2.24) is 9.55 Å². The molecule has 0 fully saturated rings. The van der Waals surface area contributed by atoms with E-state index < -0.39 is 0 Å². The summed E-state index contributed by atoms with van der Waals surface area (Å²) in [6, 6.07) is 15.3. The summed E-state index contributed by atoms with van der Waals surface area (Å²) in [5, 5.41) is 8.98. The largest absolute Gasteiger partial charge is 0.327 e. The highest BCUT2D eigenvalue weighted by Crippen LogP contribution is 2.22. The van der Waals surface area contributed by atoms with E-state index in [0.717, 1.165) is 29.7 Å². The minimum absolute atomic E-state index is 0.510. The Bertz CT molecular complexity index is 895. The van der Waals surface area contributed by atoms with E-state index in [4.69, 9.17) is 10.2 Å². The van der Waals surface area contributed by atoms with Crippen LogP contribution in [0, 0.1) is 32.1 Å². The number of benzene rings is 2. The van der Waals surface area contributed by atoms with Gasteiger partial charge in [-0.3, -0.25) is 0 Å². The Hall–Kier alpha value is -2.60. The standard InChI is InChI=1S/C21H23N3/c1-15-5-7-18(8-6-15)9-10-21-23-19-13-16(2)17(3)14-20(19)24(21)12-4-11-22/h5-8,13-14H,4,9-10,12H2,1-3H3. The van der Waals surface area contributed by atoms with Crippen LogP contribution in [-0.2, 0) is 19.4 Å². The van der Waals surface area contributed by atoms with Crippen molar-refractivity contribution in [2.75, 3.05) is 0 Å². The van der Waals surface area contributed by atoms with Gasteiger partial charge >= 0.3 is 0 Å². The quantitative estimate of drug-likeness (QED) is 0.686. The van der Waals surface area contributed by atoms with E-state index >= 15 is 0 Å². The van der Waals surface area contributed by atoms with Gasteiger partial charge in [-0.05, 0) is 56.0 Å². The van der Waals surface area contributed by atoms with Crippen LogP contribution in [0.4, 0.5) is 0 Å². The molecule has 3 aromatic rings. The van der Waals surface area contributed by atoms with Crippen LogP contribution < -0.4 is 0 Å². The van der Waals surface area contributed by atoms with Gasteiger partial charge in [0.05, 0.1) is 23.5 Å². The predicted octanol–water partition coefficient (Wildman–Crippen LogP) is 4.66. The van der Waals surface area contributed by atoms with E-state index in [1.54, 1.807) is 0 Å². The lowest BCUT2D eigenvalue weighted by Gasteiger charge is -2.08. The molecule has 0 bridgehead atoms. The van der Waals surface area contributed by atoms with Crippen molar-refractivity contribution in [1.29, 1.82) is 5.26 Å². The zero-order valence-corrected chi connectivity index (χ0v) is 14.6. The maximum atomic E-state index is 8.98. The molecule has 0 saturated heterocycles. The molecule has 3 heteroatoms. The molecule has 2 aromatic carbocycles. The molecular formula is C21H23N3. The first-order valence-electron chi connectivity index (χ1n) is 8.47. The van der Waals surface area contributed by atoms with Crippen molar-refractivity contribution in [3.63, 3.8) is 0 Å². The molecule has 0 atom stereocenters. The summed E-state index contributed by atoms with van der Waals surface area (Å²) < 4.78 is 2.22. The van der Waals surface area contributed by atoms with E-state index in [9.17, 15) is 0 Å². The summed E-state index contributed by atoms with van der Waals surface area (Å²) in [6.45, 7) is 7.06. The van der Waals surface area contributed by atoms with Crippen LogP contribution in [-0.4, -0.2) is 9.55 Å². The maximum Gasteiger partial charge on any atom is 0.110 e. The Balaban J connectivity index is 1.93. The van der Waals surface area contributed by atoms with Crippen molar-refractivity contribution in [3.05, 3.63) is 64.5 Å². The van der Waals surface area contributed by atoms with Gasteiger partial charge in [-0.25, -0.2) is 4.98 Å². The number of fused-ring (bicyclic) bond motifs is 1. The van der Waals surface area contributed by atoms with E-state index in [0.29, 0.717) is 13.0 Å². The lowest BCUT2D eigenvalue weighted by atomic mass is 10.1. The second-order valence-corrected chi connectivity index (χ2v) is 6.50. The summed E-state index contributed by atoms with van der Waals surface area (Å²) >= 11 is 0. The molecule has 0 saturated carbocycles. The third-order valence-corrected chi connectivity index (χ3v) is 4.65. The number of rotatable bonds is 5. The minimum atomic E-state index is 0.510. The van der Waals surface area contributed by atoms with Gasteiger partial charge in [-0.1, -0.05) is 29.8 Å². The summed E-state index contributed by atoms with van der Waals surface area (Å²) in [6.07, 6.45) is 2.37. The second kappa shape index (κ2) is 6.88. The molecule has 0 N–H and O–H groups in total. The third kappa shape index (κ3) is 3.33. The van der Waals surface area contributed by atoms with Crippen LogP contribution in [0.5, 0.6) is 0 Å². The van der Waals surface area contributed by atoms with Crippen LogP contribution in [0.25, 0.3) is 11.0 Å².